The molecule has 1 saturated heterocycles. The number of aliphatic hydroxyl groups excluding tert-OH is 1. The first-order valence-corrected chi connectivity index (χ1v) is 7.46. The molecule has 0 atom stereocenters. The van der Waals surface area contributed by atoms with Crippen molar-refractivity contribution in [3.05, 3.63) is 0 Å². The fourth-order valence-electron chi connectivity index (χ4n) is 1.81. The van der Waals surface area contributed by atoms with Gasteiger partial charge in [-0.15, -0.1) is 0 Å². The Morgan fingerprint density at radius 1 is 1.06 bits per heavy atom. The molecule has 0 saturated carbocycles. The van der Waals surface area contributed by atoms with Crippen molar-refractivity contribution < 1.29 is 13.5 Å². The molecule has 1 aliphatic rings. The quantitative estimate of drug-likeness (QED) is 0.645. The van der Waals surface area contributed by atoms with Gasteiger partial charge in [-0.2, -0.15) is 12.7 Å². The maximum Gasteiger partial charge on any atom is 0.279 e. The highest BCUT2D eigenvalue weighted by Gasteiger charge is 2.22. The topological polar surface area (TPSA) is 69.6 Å². The highest BCUT2D eigenvalue weighted by Crippen LogP contribution is 2.11. The van der Waals surface area contributed by atoms with Crippen LogP contribution in [0.2, 0.25) is 0 Å². The predicted molar refractivity (Wildman–Crippen MR) is 63.3 cm³/mol. The van der Waals surface area contributed by atoms with Crippen LogP contribution in [0.15, 0.2) is 0 Å². The molecule has 6 heteroatoms. The summed E-state index contributed by atoms with van der Waals surface area (Å²) in [5.41, 5.74) is 0. The van der Waals surface area contributed by atoms with Crippen LogP contribution in [0.5, 0.6) is 0 Å². The molecule has 1 rings (SSSR count). The summed E-state index contributed by atoms with van der Waals surface area (Å²) in [4.78, 5) is 0. The largest absolute Gasteiger partial charge is 0.396 e. The first-order valence-electron chi connectivity index (χ1n) is 6.02. The highest BCUT2D eigenvalue weighted by molar-refractivity contribution is 7.87. The van der Waals surface area contributed by atoms with Gasteiger partial charge in [0.1, 0.15) is 0 Å². The zero-order chi connectivity index (χ0) is 11.9. The third-order valence-electron chi connectivity index (χ3n) is 2.77. The van der Waals surface area contributed by atoms with Gasteiger partial charge in [-0.1, -0.05) is 6.42 Å². The standard InChI is InChI=1S/C10H22N2O3S/c13-10-6-1-3-7-11-16(14,15)12-8-4-2-5-9-12/h11,13H,1-10H2. The number of unbranched alkanes of at least 4 members (excludes halogenated alkanes) is 2. The fourth-order valence-corrected chi connectivity index (χ4v) is 3.14. The Hall–Kier alpha value is -0.170. The normalized spacial score (nSPS) is 18.8. The SMILES string of the molecule is O=S(=O)(NCCCCCO)N1CCCCC1. The van der Waals surface area contributed by atoms with E-state index in [9.17, 15) is 8.42 Å². The van der Waals surface area contributed by atoms with E-state index < -0.39 is 10.2 Å². The molecule has 0 radical (unpaired) electrons. The van der Waals surface area contributed by atoms with Crippen molar-refractivity contribution in [2.45, 2.75) is 38.5 Å². The molecule has 96 valence electrons. The van der Waals surface area contributed by atoms with Crippen LogP contribution in [0, 0.1) is 0 Å². The second-order valence-corrected chi connectivity index (χ2v) is 5.90. The van der Waals surface area contributed by atoms with Gasteiger partial charge in [0, 0.05) is 26.2 Å². The van der Waals surface area contributed by atoms with Crippen molar-refractivity contribution in [3.8, 4) is 0 Å². The van der Waals surface area contributed by atoms with Crippen LogP contribution < -0.4 is 4.72 Å². The van der Waals surface area contributed by atoms with Gasteiger partial charge in [0.15, 0.2) is 0 Å². The Kier molecular flexibility index (Phi) is 6.26. The summed E-state index contributed by atoms with van der Waals surface area (Å²) >= 11 is 0. The third kappa shape index (κ3) is 4.78. The Bertz CT molecular complexity index is 274. The third-order valence-corrected chi connectivity index (χ3v) is 4.39. The minimum absolute atomic E-state index is 0.179. The first-order chi connectivity index (χ1) is 7.67. The van der Waals surface area contributed by atoms with Crippen LogP contribution >= 0.6 is 0 Å². The summed E-state index contributed by atoms with van der Waals surface area (Å²) in [6.07, 6.45) is 5.44. The molecule has 0 aromatic heterocycles. The van der Waals surface area contributed by atoms with E-state index in [1.54, 1.807) is 0 Å². The highest BCUT2D eigenvalue weighted by atomic mass is 32.2. The molecule has 0 aromatic carbocycles. The monoisotopic (exact) mass is 250 g/mol. The average molecular weight is 250 g/mol. The Morgan fingerprint density at radius 3 is 2.38 bits per heavy atom. The van der Waals surface area contributed by atoms with E-state index in [0.29, 0.717) is 19.6 Å². The molecular formula is C10H22N2O3S. The second kappa shape index (κ2) is 7.21. The van der Waals surface area contributed by atoms with Crippen molar-refractivity contribution in [2.75, 3.05) is 26.2 Å². The van der Waals surface area contributed by atoms with E-state index in [0.717, 1.165) is 38.5 Å². The van der Waals surface area contributed by atoms with E-state index in [-0.39, 0.29) is 6.61 Å². The van der Waals surface area contributed by atoms with Crippen LogP contribution in [-0.4, -0.2) is 44.1 Å². The van der Waals surface area contributed by atoms with Gasteiger partial charge in [0.05, 0.1) is 0 Å². The van der Waals surface area contributed by atoms with Crippen molar-refractivity contribution in [1.29, 1.82) is 0 Å². The summed E-state index contributed by atoms with van der Waals surface area (Å²) in [7, 11) is -3.25. The molecule has 1 aliphatic heterocycles. The van der Waals surface area contributed by atoms with E-state index >= 15 is 0 Å². The average Bonchev–Trinajstić information content (AvgIpc) is 2.30. The lowest BCUT2D eigenvalue weighted by Crippen LogP contribution is -2.43. The maximum atomic E-state index is 11.8. The molecule has 0 spiro atoms. The molecule has 1 fully saturated rings. The molecule has 5 nitrogen and oxygen atoms in total. The predicted octanol–water partition coefficient (Wildman–Crippen LogP) is 0.469. The number of rotatable bonds is 7. The van der Waals surface area contributed by atoms with Crippen LogP contribution in [0.25, 0.3) is 0 Å². The summed E-state index contributed by atoms with van der Waals surface area (Å²) in [6, 6.07) is 0. The summed E-state index contributed by atoms with van der Waals surface area (Å²) in [5.74, 6) is 0. The van der Waals surface area contributed by atoms with Gasteiger partial charge in [0.2, 0.25) is 0 Å². The molecule has 0 amide bonds. The Labute approximate surface area is 98.0 Å². The minimum atomic E-state index is -3.25. The Balaban J connectivity index is 2.22. The Morgan fingerprint density at radius 2 is 1.75 bits per heavy atom. The van der Waals surface area contributed by atoms with Crippen LogP contribution in [0.3, 0.4) is 0 Å². The minimum Gasteiger partial charge on any atom is -0.396 e. The van der Waals surface area contributed by atoms with Gasteiger partial charge in [0.25, 0.3) is 10.2 Å². The molecule has 0 aromatic rings. The number of piperidine rings is 1. The van der Waals surface area contributed by atoms with Gasteiger partial charge in [-0.3, -0.25) is 0 Å². The smallest absolute Gasteiger partial charge is 0.279 e. The molecule has 0 aliphatic carbocycles. The lowest BCUT2D eigenvalue weighted by atomic mass is 10.2. The fraction of sp³-hybridized carbons (Fsp3) is 1.00. The van der Waals surface area contributed by atoms with E-state index in [4.69, 9.17) is 5.11 Å². The lowest BCUT2D eigenvalue weighted by molar-refractivity contribution is 0.283. The van der Waals surface area contributed by atoms with Crippen molar-refractivity contribution >= 4 is 10.2 Å². The van der Waals surface area contributed by atoms with Crippen LogP contribution in [0.4, 0.5) is 0 Å². The number of aliphatic hydroxyl groups is 1. The maximum absolute atomic E-state index is 11.8. The van der Waals surface area contributed by atoms with Gasteiger partial charge < -0.3 is 5.11 Å². The van der Waals surface area contributed by atoms with E-state index in [1.165, 1.54) is 4.31 Å². The lowest BCUT2D eigenvalue weighted by Gasteiger charge is -2.25. The molecule has 0 unspecified atom stereocenters. The van der Waals surface area contributed by atoms with Gasteiger partial charge in [-0.05, 0) is 32.1 Å². The second-order valence-electron chi connectivity index (χ2n) is 4.14. The van der Waals surface area contributed by atoms with Crippen molar-refractivity contribution in [1.82, 2.24) is 9.03 Å². The van der Waals surface area contributed by atoms with Crippen molar-refractivity contribution in [3.63, 3.8) is 0 Å². The number of nitrogens with zero attached hydrogens (tertiary/aromatic N) is 1. The van der Waals surface area contributed by atoms with Crippen LogP contribution in [0.1, 0.15) is 38.5 Å². The summed E-state index contributed by atoms with van der Waals surface area (Å²) < 4.78 is 27.7. The van der Waals surface area contributed by atoms with Gasteiger partial charge >= 0.3 is 0 Å². The zero-order valence-corrected chi connectivity index (χ0v) is 10.5. The number of nitrogens with one attached hydrogen (secondary N) is 1. The van der Waals surface area contributed by atoms with Gasteiger partial charge in [-0.25, -0.2) is 4.72 Å². The molecule has 2 N–H and O–H groups in total. The van der Waals surface area contributed by atoms with E-state index in [2.05, 4.69) is 4.72 Å². The zero-order valence-electron chi connectivity index (χ0n) is 9.69. The summed E-state index contributed by atoms with van der Waals surface area (Å²) in [5, 5.41) is 8.58. The molecule has 16 heavy (non-hydrogen) atoms. The molecule has 0 bridgehead atoms. The first kappa shape index (κ1) is 13.9. The summed E-state index contributed by atoms with van der Waals surface area (Å²) in [6.45, 7) is 1.94. The number of hydrogen-bond donors (Lipinski definition) is 2. The number of hydrogen-bond acceptors (Lipinski definition) is 3. The van der Waals surface area contributed by atoms with E-state index in [1.807, 2.05) is 0 Å². The molecule has 1 heterocycles. The molecular weight excluding hydrogens is 228 g/mol. The van der Waals surface area contributed by atoms with Crippen molar-refractivity contribution in [2.24, 2.45) is 0 Å². The van der Waals surface area contributed by atoms with Crippen LogP contribution in [-0.2, 0) is 10.2 Å².